The van der Waals surface area contributed by atoms with Crippen LogP contribution in [-0.4, -0.2) is 31.3 Å². The third-order valence-electron chi connectivity index (χ3n) is 5.15. The zero-order valence-electron chi connectivity index (χ0n) is 18.0. The number of rotatable bonds is 13. The average molecular weight is 415 g/mol. The predicted molar refractivity (Wildman–Crippen MR) is 118 cm³/mol. The molecule has 0 bridgehead atoms. The largest absolute Gasteiger partial charge is 0.494 e. The van der Waals surface area contributed by atoms with Crippen LogP contribution in [0.4, 0.5) is 0 Å². The number of allylic oxidation sites excluding steroid dienone is 1. The van der Waals surface area contributed by atoms with Gasteiger partial charge in [-0.25, -0.2) is 9.59 Å². The van der Waals surface area contributed by atoms with Crippen LogP contribution in [0.5, 0.6) is 5.75 Å². The molecule has 1 aromatic carbocycles. The van der Waals surface area contributed by atoms with Gasteiger partial charge in [0.25, 0.3) is 0 Å². The quantitative estimate of drug-likeness (QED) is 0.181. The fourth-order valence-electron chi connectivity index (χ4n) is 3.43. The van der Waals surface area contributed by atoms with Gasteiger partial charge in [-0.05, 0) is 81.2 Å². The summed E-state index contributed by atoms with van der Waals surface area (Å²) in [5, 5.41) is 0. The molecule has 1 aliphatic carbocycles. The first-order chi connectivity index (χ1) is 14.6. The molecule has 0 aliphatic heterocycles. The van der Waals surface area contributed by atoms with Crippen molar-refractivity contribution in [2.75, 3.05) is 13.2 Å². The standard InChI is InChI=1S/C25H34O5/c1-3-9-20-10-14-23(15-11-20)30-25(27)21-12-16-22(17-13-21)28-18-7-5-6-8-19-29-24(26)4-2/h4,10,12-14,16-17,20,23H,2-3,5-9,11,15,18-19H2,1H3. The summed E-state index contributed by atoms with van der Waals surface area (Å²) in [4.78, 5) is 23.3. The minimum absolute atomic E-state index is 0.123. The van der Waals surface area contributed by atoms with E-state index in [-0.39, 0.29) is 18.0 Å². The predicted octanol–water partition coefficient (Wildman–Crippen LogP) is 5.65. The first-order valence-electron chi connectivity index (χ1n) is 11.0. The molecular formula is C25H34O5. The van der Waals surface area contributed by atoms with E-state index in [9.17, 15) is 9.59 Å². The zero-order chi connectivity index (χ0) is 21.6. The van der Waals surface area contributed by atoms with Crippen molar-refractivity contribution in [2.24, 2.45) is 5.92 Å². The van der Waals surface area contributed by atoms with E-state index in [0.717, 1.165) is 44.3 Å². The summed E-state index contributed by atoms with van der Waals surface area (Å²) in [6.45, 7) is 6.60. The molecule has 0 fully saturated rings. The van der Waals surface area contributed by atoms with Crippen molar-refractivity contribution in [1.29, 1.82) is 0 Å². The van der Waals surface area contributed by atoms with E-state index in [0.29, 0.717) is 24.7 Å². The summed E-state index contributed by atoms with van der Waals surface area (Å²) in [7, 11) is 0. The molecule has 0 spiro atoms. The monoisotopic (exact) mass is 414 g/mol. The lowest BCUT2D eigenvalue weighted by Crippen LogP contribution is -2.20. The van der Waals surface area contributed by atoms with E-state index in [1.807, 2.05) is 6.08 Å². The molecule has 164 valence electrons. The molecule has 1 aromatic rings. The maximum atomic E-state index is 12.3. The third-order valence-corrected chi connectivity index (χ3v) is 5.15. The van der Waals surface area contributed by atoms with Gasteiger partial charge in [0.15, 0.2) is 0 Å². The lowest BCUT2D eigenvalue weighted by atomic mass is 9.91. The number of hydrogen-bond donors (Lipinski definition) is 0. The second kappa shape index (κ2) is 13.6. The van der Waals surface area contributed by atoms with Crippen molar-refractivity contribution in [3.05, 3.63) is 54.6 Å². The molecule has 2 unspecified atom stereocenters. The van der Waals surface area contributed by atoms with Crippen molar-refractivity contribution in [2.45, 2.75) is 64.4 Å². The molecule has 0 heterocycles. The Morgan fingerprint density at radius 2 is 1.77 bits per heavy atom. The molecule has 1 aliphatic rings. The minimum atomic E-state index is -0.374. The van der Waals surface area contributed by atoms with Gasteiger partial charge in [-0.15, -0.1) is 0 Å². The van der Waals surface area contributed by atoms with Crippen LogP contribution in [0, 0.1) is 5.92 Å². The highest BCUT2D eigenvalue weighted by atomic mass is 16.5. The van der Waals surface area contributed by atoms with Gasteiger partial charge < -0.3 is 14.2 Å². The van der Waals surface area contributed by atoms with Gasteiger partial charge in [-0.2, -0.15) is 0 Å². The molecule has 5 nitrogen and oxygen atoms in total. The number of hydrogen-bond acceptors (Lipinski definition) is 5. The number of unbranched alkanes of at least 4 members (excludes halogenated alkanes) is 3. The Hall–Kier alpha value is -2.56. The Morgan fingerprint density at radius 1 is 1.03 bits per heavy atom. The fourth-order valence-corrected chi connectivity index (χ4v) is 3.43. The minimum Gasteiger partial charge on any atom is -0.494 e. The van der Waals surface area contributed by atoms with Crippen molar-refractivity contribution in [3.8, 4) is 5.75 Å². The van der Waals surface area contributed by atoms with Gasteiger partial charge in [-0.1, -0.05) is 26.0 Å². The highest BCUT2D eigenvalue weighted by Gasteiger charge is 2.19. The Balaban J connectivity index is 1.61. The van der Waals surface area contributed by atoms with Crippen LogP contribution in [0.2, 0.25) is 0 Å². The van der Waals surface area contributed by atoms with Crippen LogP contribution in [0.1, 0.15) is 68.6 Å². The molecule has 30 heavy (non-hydrogen) atoms. The van der Waals surface area contributed by atoms with E-state index in [4.69, 9.17) is 14.2 Å². The molecular weight excluding hydrogens is 380 g/mol. The molecule has 0 aromatic heterocycles. The van der Waals surface area contributed by atoms with Gasteiger partial charge in [0, 0.05) is 6.08 Å². The normalized spacial score (nSPS) is 17.9. The summed E-state index contributed by atoms with van der Waals surface area (Å²) in [5.41, 5.74) is 0.542. The van der Waals surface area contributed by atoms with Crippen LogP contribution in [0.15, 0.2) is 49.1 Å². The van der Waals surface area contributed by atoms with Gasteiger partial charge in [0.2, 0.25) is 0 Å². The third kappa shape index (κ3) is 8.85. The molecule has 5 heteroatoms. The lowest BCUT2D eigenvalue weighted by molar-refractivity contribution is -0.137. The van der Waals surface area contributed by atoms with Crippen molar-refractivity contribution < 1.29 is 23.8 Å². The van der Waals surface area contributed by atoms with E-state index in [1.54, 1.807) is 24.3 Å². The Kier molecular flexibility index (Phi) is 10.8. The maximum Gasteiger partial charge on any atom is 0.338 e. The smallest absolute Gasteiger partial charge is 0.338 e. The lowest BCUT2D eigenvalue weighted by Gasteiger charge is -2.22. The summed E-state index contributed by atoms with van der Waals surface area (Å²) in [6, 6.07) is 7.11. The molecule has 2 rings (SSSR count). The fraction of sp³-hybridized carbons (Fsp3) is 0.520. The summed E-state index contributed by atoms with van der Waals surface area (Å²) < 4.78 is 16.3. The van der Waals surface area contributed by atoms with Crippen molar-refractivity contribution in [3.63, 3.8) is 0 Å². The molecule has 0 saturated heterocycles. The highest BCUT2D eigenvalue weighted by molar-refractivity contribution is 5.89. The van der Waals surface area contributed by atoms with Crippen LogP contribution < -0.4 is 4.74 Å². The Bertz CT molecular complexity index is 692. The van der Waals surface area contributed by atoms with Gasteiger partial charge in [0.05, 0.1) is 18.8 Å². The highest BCUT2D eigenvalue weighted by Crippen LogP contribution is 2.24. The SMILES string of the molecule is C=CC(=O)OCCCCCCOc1ccc(C(=O)OC2C=CC(CCC)CC2)cc1. The second-order valence-corrected chi connectivity index (χ2v) is 7.61. The van der Waals surface area contributed by atoms with E-state index >= 15 is 0 Å². The van der Waals surface area contributed by atoms with Gasteiger partial charge in [0.1, 0.15) is 11.9 Å². The van der Waals surface area contributed by atoms with Gasteiger partial charge >= 0.3 is 11.9 Å². The summed E-state index contributed by atoms with van der Waals surface area (Å²) in [5.74, 6) is 0.700. The number of carbonyl (C=O) groups is 2. The number of benzene rings is 1. The molecule has 2 atom stereocenters. The average Bonchev–Trinajstić information content (AvgIpc) is 2.77. The number of esters is 2. The molecule has 0 radical (unpaired) electrons. The molecule has 0 N–H and O–H groups in total. The van der Waals surface area contributed by atoms with Crippen LogP contribution >= 0.6 is 0 Å². The van der Waals surface area contributed by atoms with E-state index < -0.39 is 0 Å². The molecule has 0 saturated carbocycles. The first-order valence-corrected chi connectivity index (χ1v) is 11.0. The molecule has 0 amide bonds. The second-order valence-electron chi connectivity index (χ2n) is 7.61. The first kappa shape index (κ1) is 23.7. The van der Waals surface area contributed by atoms with Crippen molar-refractivity contribution >= 4 is 11.9 Å². The summed E-state index contributed by atoms with van der Waals surface area (Å²) in [6.07, 6.45) is 13.4. The topological polar surface area (TPSA) is 61.8 Å². The van der Waals surface area contributed by atoms with E-state index in [2.05, 4.69) is 19.6 Å². The maximum absolute atomic E-state index is 12.3. The Labute approximate surface area is 180 Å². The van der Waals surface area contributed by atoms with Gasteiger partial charge in [-0.3, -0.25) is 0 Å². The van der Waals surface area contributed by atoms with Crippen LogP contribution in [0.3, 0.4) is 0 Å². The number of carbonyl (C=O) groups excluding carboxylic acids is 2. The van der Waals surface area contributed by atoms with Crippen LogP contribution in [0.25, 0.3) is 0 Å². The zero-order valence-corrected chi connectivity index (χ0v) is 18.0. The summed E-state index contributed by atoms with van der Waals surface area (Å²) >= 11 is 0. The number of ether oxygens (including phenoxy) is 3. The van der Waals surface area contributed by atoms with Crippen molar-refractivity contribution in [1.82, 2.24) is 0 Å². The Morgan fingerprint density at radius 3 is 2.40 bits per heavy atom. The van der Waals surface area contributed by atoms with E-state index in [1.165, 1.54) is 18.9 Å². The van der Waals surface area contributed by atoms with Crippen LogP contribution in [-0.2, 0) is 14.3 Å².